The number of hydrogen-bond donors (Lipinski definition) is 0. The SMILES string of the molecule is Clc1ccc(-c2ccc3c(c2)Cc2cc(-c4ccc(Cl)cc4)c(C4C5CC6CC(C5)CC4C6)cc2-3)cc1. The maximum Gasteiger partial charge on any atom is 0.0406 e. The molecule has 5 aliphatic carbocycles. The molecule has 9 rings (SSSR count). The Kier molecular flexibility index (Phi) is 5.15. The van der Waals surface area contributed by atoms with Crippen LogP contribution in [-0.2, 0) is 6.42 Å². The summed E-state index contributed by atoms with van der Waals surface area (Å²) in [6.45, 7) is 0. The zero-order valence-corrected chi connectivity index (χ0v) is 22.4. The zero-order chi connectivity index (χ0) is 24.7. The second-order valence-corrected chi connectivity index (χ2v) is 13.0. The molecule has 0 aliphatic heterocycles. The third kappa shape index (κ3) is 3.71. The molecule has 184 valence electrons. The van der Waals surface area contributed by atoms with Gasteiger partial charge in [-0.25, -0.2) is 0 Å². The first-order valence-electron chi connectivity index (χ1n) is 13.9. The van der Waals surface area contributed by atoms with Gasteiger partial charge in [0.1, 0.15) is 0 Å². The highest BCUT2D eigenvalue weighted by Gasteiger charge is 2.49. The van der Waals surface area contributed by atoms with Crippen LogP contribution in [0.5, 0.6) is 0 Å². The summed E-state index contributed by atoms with van der Waals surface area (Å²) in [5.41, 5.74) is 12.6. The number of halogens is 2. The Morgan fingerprint density at radius 1 is 0.486 bits per heavy atom. The monoisotopic (exact) mass is 520 g/mol. The largest absolute Gasteiger partial charge is 0.0843 e. The number of hydrogen-bond acceptors (Lipinski definition) is 0. The summed E-state index contributed by atoms with van der Waals surface area (Å²) < 4.78 is 0. The fraction of sp³-hybridized carbons (Fsp3) is 0.314. The topological polar surface area (TPSA) is 0 Å². The molecule has 5 aliphatic rings. The Labute approximate surface area is 229 Å². The summed E-state index contributed by atoms with van der Waals surface area (Å²) >= 11 is 12.5. The maximum absolute atomic E-state index is 6.31. The van der Waals surface area contributed by atoms with E-state index < -0.39 is 0 Å². The van der Waals surface area contributed by atoms with E-state index in [-0.39, 0.29) is 0 Å². The van der Waals surface area contributed by atoms with E-state index >= 15 is 0 Å². The van der Waals surface area contributed by atoms with Crippen LogP contribution in [0.4, 0.5) is 0 Å². The van der Waals surface area contributed by atoms with Gasteiger partial charge in [-0.15, -0.1) is 0 Å². The van der Waals surface area contributed by atoms with Crippen LogP contribution < -0.4 is 0 Å². The second-order valence-electron chi connectivity index (χ2n) is 12.1. The lowest BCUT2D eigenvalue weighted by Gasteiger charge is -2.55. The first-order valence-corrected chi connectivity index (χ1v) is 14.7. The van der Waals surface area contributed by atoms with Crippen LogP contribution in [0, 0.1) is 23.7 Å². The standard InChI is InChI=1S/C35H30Cl2/c36-29-6-1-22(2-7-29)24-5-10-31-25(16-24)17-26-18-32(23-3-8-30(37)9-4-23)34(19-33(26)31)35-27-12-20-11-21(14-27)15-28(35)13-20/h1-10,16,18-21,27-28,35H,11-15,17H2. The van der Waals surface area contributed by atoms with Crippen LogP contribution in [-0.4, -0.2) is 0 Å². The molecule has 2 heteroatoms. The van der Waals surface area contributed by atoms with E-state index in [0.717, 1.165) is 40.1 Å². The lowest BCUT2D eigenvalue weighted by molar-refractivity contribution is -0.00259. The van der Waals surface area contributed by atoms with Crippen molar-refractivity contribution < 1.29 is 0 Å². The first kappa shape index (κ1) is 22.4. The molecule has 0 amide bonds. The van der Waals surface area contributed by atoms with E-state index in [2.05, 4.69) is 66.7 Å². The molecule has 0 saturated heterocycles. The Hall–Kier alpha value is -2.54. The summed E-state index contributed by atoms with van der Waals surface area (Å²) in [6.07, 6.45) is 8.25. The van der Waals surface area contributed by atoms with Crippen molar-refractivity contribution in [2.24, 2.45) is 23.7 Å². The maximum atomic E-state index is 6.31. The average Bonchev–Trinajstić information content (AvgIpc) is 3.25. The van der Waals surface area contributed by atoms with Crippen molar-refractivity contribution in [3.8, 4) is 33.4 Å². The van der Waals surface area contributed by atoms with Gasteiger partial charge >= 0.3 is 0 Å². The molecule has 4 aromatic carbocycles. The lowest BCUT2D eigenvalue weighted by atomic mass is 9.50. The van der Waals surface area contributed by atoms with Gasteiger partial charge in [0.2, 0.25) is 0 Å². The van der Waals surface area contributed by atoms with Gasteiger partial charge in [-0.3, -0.25) is 0 Å². The van der Waals surface area contributed by atoms with Gasteiger partial charge in [0.25, 0.3) is 0 Å². The fourth-order valence-electron chi connectivity index (χ4n) is 8.68. The molecular weight excluding hydrogens is 491 g/mol. The van der Waals surface area contributed by atoms with E-state index in [0.29, 0.717) is 5.92 Å². The summed E-state index contributed by atoms with van der Waals surface area (Å²) in [4.78, 5) is 0. The molecule has 0 atom stereocenters. The molecule has 4 bridgehead atoms. The van der Waals surface area contributed by atoms with Crippen molar-refractivity contribution in [2.45, 2.75) is 44.4 Å². The van der Waals surface area contributed by atoms with Crippen LogP contribution >= 0.6 is 23.2 Å². The van der Waals surface area contributed by atoms with Crippen molar-refractivity contribution >= 4 is 23.2 Å². The zero-order valence-electron chi connectivity index (χ0n) is 20.9. The van der Waals surface area contributed by atoms with Gasteiger partial charge in [0.15, 0.2) is 0 Å². The van der Waals surface area contributed by atoms with Crippen molar-refractivity contribution in [3.63, 3.8) is 0 Å². The van der Waals surface area contributed by atoms with Crippen molar-refractivity contribution in [2.75, 3.05) is 0 Å². The lowest BCUT2D eigenvalue weighted by Crippen LogP contribution is -2.43. The summed E-state index contributed by atoms with van der Waals surface area (Å²) in [7, 11) is 0. The van der Waals surface area contributed by atoms with Crippen LogP contribution in [0.3, 0.4) is 0 Å². The van der Waals surface area contributed by atoms with Gasteiger partial charge in [0.05, 0.1) is 0 Å². The highest BCUT2D eigenvalue weighted by Crippen LogP contribution is 2.61. The van der Waals surface area contributed by atoms with Crippen molar-refractivity contribution in [1.29, 1.82) is 0 Å². The average molecular weight is 522 g/mol. The van der Waals surface area contributed by atoms with Crippen LogP contribution in [0.15, 0.2) is 78.9 Å². The highest BCUT2D eigenvalue weighted by molar-refractivity contribution is 6.30. The molecule has 37 heavy (non-hydrogen) atoms. The summed E-state index contributed by atoms with van der Waals surface area (Å²) in [6, 6.07) is 28.9. The first-order chi connectivity index (χ1) is 18.1. The van der Waals surface area contributed by atoms with Gasteiger partial charge in [0, 0.05) is 10.0 Å². The smallest absolute Gasteiger partial charge is 0.0406 e. The Balaban J connectivity index is 1.25. The molecule has 0 N–H and O–H groups in total. The highest BCUT2D eigenvalue weighted by atomic mass is 35.5. The van der Waals surface area contributed by atoms with Gasteiger partial charge in [-0.2, -0.15) is 0 Å². The minimum Gasteiger partial charge on any atom is -0.0843 e. The quantitative estimate of drug-likeness (QED) is 0.222. The van der Waals surface area contributed by atoms with Crippen LogP contribution in [0.25, 0.3) is 33.4 Å². The number of benzene rings is 4. The predicted molar refractivity (Wildman–Crippen MR) is 155 cm³/mol. The van der Waals surface area contributed by atoms with Gasteiger partial charge in [-0.1, -0.05) is 65.7 Å². The Bertz CT molecular complexity index is 1480. The summed E-state index contributed by atoms with van der Waals surface area (Å²) in [5.74, 6) is 4.38. The van der Waals surface area contributed by atoms with Crippen LogP contribution in [0.1, 0.15) is 54.7 Å². The van der Waals surface area contributed by atoms with E-state index in [1.165, 1.54) is 76.6 Å². The third-order valence-corrected chi connectivity index (χ3v) is 10.5. The number of rotatable bonds is 3. The molecule has 0 nitrogen and oxygen atoms in total. The minimum atomic E-state index is 0.696. The molecule has 0 unspecified atom stereocenters. The molecule has 0 radical (unpaired) electrons. The second kappa shape index (κ2) is 8.48. The molecular formula is C35H30Cl2. The Morgan fingerprint density at radius 2 is 1.05 bits per heavy atom. The molecule has 4 saturated carbocycles. The van der Waals surface area contributed by atoms with E-state index in [9.17, 15) is 0 Å². The van der Waals surface area contributed by atoms with Crippen LogP contribution in [0.2, 0.25) is 10.0 Å². The third-order valence-electron chi connectivity index (χ3n) is 9.97. The number of fused-ring (bicyclic) bond motifs is 3. The fourth-order valence-corrected chi connectivity index (χ4v) is 8.93. The van der Waals surface area contributed by atoms with Gasteiger partial charge in [-0.05, 0) is 155 Å². The van der Waals surface area contributed by atoms with E-state index in [1.54, 1.807) is 5.56 Å². The van der Waals surface area contributed by atoms with Crippen molar-refractivity contribution in [1.82, 2.24) is 0 Å². The van der Waals surface area contributed by atoms with E-state index in [1.807, 2.05) is 12.1 Å². The van der Waals surface area contributed by atoms with E-state index in [4.69, 9.17) is 23.2 Å². The minimum absolute atomic E-state index is 0.696. The molecule has 0 spiro atoms. The molecule has 4 aromatic rings. The molecule has 4 fully saturated rings. The molecule has 0 heterocycles. The normalized spacial score (nSPS) is 26.8. The molecule has 0 aromatic heterocycles. The van der Waals surface area contributed by atoms with Gasteiger partial charge < -0.3 is 0 Å². The van der Waals surface area contributed by atoms with Crippen molar-refractivity contribution in [3.05, 3.63) is 106 Å². The summed E-state index contributed by atoms with van der Waals surface area (Å²) in [5, 5.41) is 1.59. The Morgan fingerprint density at radius 3 is 1.70 bits per heavy atom. The predicted octanol–water partition coefficient (Wildman–Crippen LogP) is 10.4.